The lowest BCUT2D eigenvalue weighted by Gasteiger charge is -2.23. The number of carbonyl (C=O) groups excluding carboxylic acids is 1. The molecule has 1 aromatic carbocycles. The minimum atomic E-state index is -4.15. The number of ether oxygens (including phenoxy) is 1. The Morgan fingerprint density at radius 2 is 2.05 bits per heavy atom. The maximum atomic E-state index is 13.5. The number of sulfonamides is 1. The molecule has 1 amide bonds. The molecule has 0 heterocycles. The van der Waals surface area contributed by atoms with E-state index in [-0.39, 0.29) is 16.6 Å². The summed E-state index contributed by atoms with van der Waals surface area (Å²) in [6.07, 6.45) is 0. The Bertz CT molecular complexity index is 661. The van der Waals surface area contributed by atoms with Crippen LogP contribution in [0.3, 0.4) is 0 Å². The maximum absolute atomic E-state index is 13.5. The highest BCUT2D eigenvalue weighted by atomic mass is 79.9. The number of hydrogen-bond donors (Lipinski definition) is 2. The van der Waals surface area contributed by atoms with Gasteiger partial charge in [0, 0.05) is 13.7 Å². The van der Waals surface area contributed by atoms with Gasteiger partial charge in [0.1, 0.15) is 5.82 Å². The second kappa shape index (κ2) is 6.39. The molecule has 6 nitrogen and oxygen atoms in total. The van der Waals surface area contributed by atoms with Crippen LogP contribution in [-0.2, 0) is 14.8 Å². The fourth-order valence-electron chi connectivity index (χ4n) is 1.40. The van der Waals surface area contributed by atoms with Gasteiger partial charge in [0.15, 0.2) is 0 Å². The van der Waals surface area contributed by atoms with Crippen molar-refractivity contribution in [3.8, 4) is 0 Å². The number of hydrogen-bond acceptors (Lipinski definition) is 4. The third-order valence-electron chi connectivity index (χ3n) is 2.78. The Kier molecular flexibility index (Phi) is 5.48. The van der Waals surface area contributed by atoms with Crippen molar-refractivity contribution < 1.29 is 22.3 Å². The van der Waals surface area contributed by atoms with E-state index in [4.69, 9.17) is 9.88 Å². The third kappa shape index (κ3) is 4.73. The molecule has 118 valence electrons. The zero-order valence-corrected chi connectivity index (χ0v) is 14.1. The minimum Gasteiger partial charge on any atom is -0.377 e. The lowest BCUT2D eigenvalue weighted by molar-refractivity contribution is 0.0228. The van der Waals surface area contributed by atoms with E-state index in [1.807, 2.05) is 0 Å². The summed E-state index contributed by atoms with van der Waals surface area (Å²) >= 11 is 2.97. The van der Waals surface area contributed by atoms with Crippen LogP contribution in [-0.4, -0.2) is 33.6 Å². The smallest absolute Gasteiger partial charge is 0.252 e. The average Bonchev–Trinajstić information content (AvgIpc) is 2.37. The van der Waals surface area contributed by atoms with Crippen molar-refractivity contribution in [1.29, 1.82) is 0 Å². The molecule has 0 unspecified atom stereocenters. The molecular weight excluding hydrogens is 367 g/mol. The molecule has 1 rings (SSSR count). The van der Waals surface area contributed by atoms with Crippen LogP contribution in [0.5, 0.6) is 0 Å². The minimum absolute atomic E-state index is 0.0841. The van der Waals surface area contributed by atoms with Crippen molar-refractivity contribution in [1.82, 2.24) is 5.32 Å². The Morgan fingerprint density at radius 1 is 1.48 bits per heavy atom. The first-order chi connectivity index (χ1) is 9.48. The van der Waals surface area contributed by atoms with E-state index in [0.29, 0.717) is 0 Å². The monoisotopic (exact) mass is 382 g/mol. The van der Waals surface area contributed by atoms with Crippen molar-refractivity contribution in [2.24, 2.45) is 5.14 Å². The van der Waals surface area contributed by atoms with Crippen molar-refractivity contribution in [3.05, 3.63) is 28.0 Å². The Labute approximate surface area is 131 Å². The van der Waals surface area contributed by atoms with Crippen LogP contribution in [0.4, 0.5) is 4.39 Å². The largest absolute Gasteiger partial charge is 0.377 e. The molecule has 0 spiro atoms. The fourth-order valence-corrected chi connectivity index (χ4v) is 3.12. The summed E-state index contributed by atoms with van der Waals surface area (Å²) in [6, 6.07) is 1.67. The molecule has 0 fully saturated rings. The van der Waals surface area contributed by atoms with Gasteiger partial charge in [-0.3, -0.25) is 4.79 Å². The number of amides is 1. The molecule has 0 aliphatic rings. The summed E-state index contributed by atoms with van der Waals surface area (Å²) < 4.78 is 41.3. The van der Waals surface area contributed by atoms with Gasteiger partial charge in [-0.05, 0) is 41.9 Å². The van der Waals surface area contributed by atoms with E-state index in [1.54, 1.807) is 13.8 Å². The van der Waals surface area contributed by atoms with E-state index < -0.39 is 32.2 Å². The van der Waals surface area contributed by atoms with Crippen LogP contribution in [0.15, 0.2) is 21.5 Å². The summed E-state index contributed by atoms with van der Waals surface area (Å²) in [5.41, 5.74) is -0.774. The van der Waals surface area contributed by atoms with Gasteiger partial charge < -0.3 is 10.1 Å². The first kappa shape index (κ1) is 18.0. The normalized spacial score (nSPS) is 12.3. The van der Waals surface area contributed by atoms with Gasteiger partial charge in [-0.2, -0.15) is 0 Å². The van der Waals surface area contributed by atoms with Crippen LogP contribution in [0, 0.1) is 5.82 Å². The van der Waals surface area contributed by atoms with Crippen molar-refractivity contribution in [2.75, 3.05) is 13.7 Å². The van der Waals surface area contributed by atoms with Crippen molar-refractivity contribution in [2.45, 2.75) is 24.3 Å². The second-order valence-electron chi connectivity index (χ2n) is 4.96. The quantitative estimate of drug-likeness (QED) is 0.803. The van der Waals surface area contributed by atoms with Crippen LogP contribution in [0.2, 0.25) is 0 Å². The molecule has 0 bridgehead atoms. The fraction of sp³-hybridized carbons (Fsp3) is 0.417. The summed E-state index contributed by atoms with van der Waals surface area (Å²) in [7, 11) is -2.66. The molecule has 21 heavy (non-hydrogen) atoms. The Balaban J connectivity index is 3.14. The summed E-state index contributed by atoms with van der Waals surface area (Å²) in [4.78, 5) is 11.6. The summed E-state index contributed by atoms with van der Waals surface area (Å²) in [5, 5.41) is 7.52. The first-order valence-corrected chi connectivity index (χ1v) is 8.17. The molecule has 0 saturated carbocycles. The topological polar surface area (TPSA) is 98.5 Å². The molecule has 0 aliphatic heterocycles. The van der Waals surface area contributed by atoms with Gasteiger partial charge in [-0.15, -0.1) is 0 Å². The van der Waals surface area contributed by atoms with Crippen molar-refractivity contribution >= 4 is 31.9 Å². The number of nitrogens with one attached hydrogen (secondary N) is 1. The molecule has 0 aromatic heterocycles. The highest BCUT2D eigenvalue weighted by Gasteiger charge is 2.23. The zero-order chi connectivity index (χ0) is 16.4. The second-order valence-corrected chi connectivity index (χ2v) is 7.28. The number of methoxy groups -OCH3 is 1. The molecule has 0 saturated heterocycles. The maximum Gasteiger partial charge on any atom is 0.252 e. The number of rotatable bonds is 5. The van der Waals surface area contributed by atoms with Crippen LogP contribution >= 0.6 is 15.9 Å². The van der Waals surface area contributed by atoms with E-state index in [0.717, 1.165) is 12.1 Å². The van der Waals surface area contributed by atoms with Gasteiger partial charge in [0.05, 0.1) is 20.5 Å². The number of primary sulfonamides is 1. The van der Waals surface area contributed by atoms with E-state index in [1.165, 1.54) is 7.11 Å². The number of benzene rings is 1. The van der Waals surface area contributed by atoms with Gasteiger partial charge in [0.2, 0.25) is 10.0 Å². The Hall–Kier alpha value is -1.03. The predicted molar refractivity (Wildman–Crippen MR) is 78.9 cm³/mol. The summed E-state index contributed by atoms with van der Waals surface area (Å²) in [6.45, 7) is 3.67. The predicted octanol–water partition coefficient (Wildman–Crippen LogP) is 1.39. The SMILES string of the molecule is COC(C)(C)CNC(=O)c1cc(F)cc(S(N)(=O)=O)c1Br. The molecule has 9 heteroatoms. The lowest BCUT2D eigenvalue weighted by atomic mass is 10.1. The molecular formula is C12H16BrFN2O4S. The highest BCUT2D eigenvalue weighted by molar-refractivity contribution is 9.10. The molecule has 0 atom stereocenters. The molecule has 3 N–H and O–H groups in total. The van der Waals surface area contributed by atoms with Crippen LogP contribution in [0.1, 0.15) is 24.2 Å². The average molecular weight is 383 g/mol. The van der Waals surface area contributed by atoms with E-state index in [2.05, 4.69) is 21.2 Å². The summed E-state index contributed by atoms with van der Waals surface area (Å²) in [5.74, 6) is -1.52. The molecule has 0 radical (unpaired) electrons. The van der Waals surface area contributed by atoms with E-state index >= 15 is 0 Å². The number of halogens is 2. The van der Waals surface area contributed by atoms with Crippen LogP contribution < -0.4 is 10.5 Å². The number of nitrogens with two attached hydrogens (primary N) is 1. The molecule has 1 aromatic rings. The first-order valence-electron chi connectivity index (χ1n) is 5.83. The van der Waals surface area contributed by atoms with Gasteiger partial charge in [-0.25, -0.2) is 17.9 Å². The van der Waals surface area contributed by atoms with Crippen molar-refractivity contribution in [3.63, 3.8) is 0 Å². The molecule has 0 aliphatic carbocycles. The lowest BCUT2D eigenvalue weighted by Crippen LogP contribution is -2.40. The standard InChI is InChI=1S/C12H16BrFN2O4S/c1-12(2,20-3)6-16-11(17)8-4-7(14)5-9(10(8)13)21(15,18)19/h4-5H,6H2,1-3H3,(H,16,17)(H2,15,18,19). The van der Waals surface area contributed by atoms with Gasteiger partial charge in [-0.1, -0.05) is 0 Å². The number of carbonyl (C=O) groups is 1. The Morgan fingerprint density at radius 3 is 2.52 bits per heavy atom. The van der Waals surface area contributed by atoms with Crippen LogP contribution in [0.25, 0.3) is 0 Å². The van der Waals surface area contributed by atoms with Gasteiger partial charge in [0.25, 0.3) is 5.91 Å². The highest BCUT2D eigenvalue weighted by Crippen LogP contribution is 2.26. The third-order valence-corrected chi connectivity index (χ3v) is 4.83. The van der Waals surface area contributed by atoms with E-state index in [9.17, 15) is 17.6 Å². The zero-order valence-electron chi connectivity index (χ0n) is 11.7. The van der Waals surface area contributed by atoms with Gasteiger partial charge >= 0.3 is 0 Å².